The number of carbonyl (C=O) groups is 1. The van der Waals surface area contributed by atoms with E-state index in [9.17, 15) is 14.9 Å². The minimum atomic E-state index is -0.267. The Kier molecular flexibility index (Phi) is 8.88. The first-order chi connectivity index (χ1) is 17.9. The molecule has 3 heterocycles. The molecule has 1 amide bonds. The number of unbranched alkanes of at least 4 members (excludes halogenated alkanes) is 1. The highest BCUT2D eigenvalue weighted by Gasteiger charge is 2.33. The summed E-state index contributed by atoms with van der Waals surface area (Å²) in [6.45, 7) is 8.53. The Morgan fingerprint density at radius 1 is 1.16 bits per heavy atom. The number of piperidine rings is 1. The molecule has 2 fully saturated rings. The maximum absolute atomic E-state index is 13.3. The fourth-order valence-corrected chi connectivity index (χ4v) is 6.50. The highest BCUT2D eigenvalue weighted by Crippen LogP contribution is 2.37. The largest absolute Gasteiger partial charge is 0.357 e. The van der Waals surface area contributed by atoms with Gasteiger partial charge in [0.25, 0.3) is 11.5 Å². The summed E-state index contributed by atoms with van der Waals surface area (Å²) in [6, 6.07) is 12.7. The molecular weight excluding hydrogens is 500 g/mol. The monoisotopic (exact) mass is 534 g/mol. The van der Waals surface area contributed by atoms with Gasteiger partial charge < -0.3 is 4.90 Å². The van der Waals surface area contributed by atoms with E-state index in [-0.39, 0.29) is 17.0 Å². The molecule has 0 radical (unpaired) electrons. The molecule has 0 aliphatic carbocycles. The number of rotatable bonds is 8. The van der Waals surface area contributed by atoms with Gasteiger partial charge in [-0.1, -0.05) is 67.7 Å². The van der Waals surface area contributed by atoms with Crippen molar-refractivity contribution < 1.29 is 4.79 Å². The Morgan fingerprint density at radius 2 is 1.86 bits per heavy atom. The summed E-state index contributed by atoms with van der Waals surface area (Å²) in [5.41, 5.74) is 2.62. The number of thiocarbonyl (C=S) groups is 1. The van der Waals surface area contributed by atoms with Crippen LogP contribution in [0.4, 0.5) is 5.82 Å². The molecule has 0 N–H and O–H groups in total. The maximum atomic E-state index is 13.3. The first kappa shape index (κ1) is 27.2. The molecular formula is C29H34N4O2S2. The van der Waals surface area contributed by atoms with Crippen LogP contribution in [0.25, 0.3) is 6.08 Å². The predicted octanol–water partition coefficient (Wildman–Crippen LogP) is 5.51. The molecule has 1 aromatic heterocycles. The van der Waals surface area contributed by atoms with Crippen LogP contribution in [-0.4, -0.2) is 39.3 Å². The van der Waals surface area contributed by atoms with Gasteiger partial charge in [0.15, 0.2) is 0 Å². The first-order valence-electron chi connectivity index (χ1n) is 13.1. The van der Waals surface area contributed by atoms with Gasteiger partial charge in [0.05, 0.1) is 4.91 Å². The smallest absolute Gasteiger partial charge is 0.270 e. The van der Waals surface area contributed by atoms with Gasteiger partial charge in [-0.05, 0) is 62.7 Å². The van der Waals surface area contributed by atoms with E-state index in [4.69, 9.17) is 12.2 Å². The van der Waals surface area contributed by atoms with Gasteiger partial charge >= 0.3 is 0 Å². The molecule has 2 aromatic rings. The second kappa shape index (κ2) is 12.1. The Balaban J connectivity index is 1.70. The van der Waals surface area contributed by atoms with Crippen molar-refractivity contribution in [3.8, 4) is 6.07 Å². The fraction of sp³-hybridized carbons (Fsp3) is 0.448. The predicted molar refractivity (Wildman–Crippen MR) is 156 cm³/mol. The molecule has 37 heavy (non-hydrogen) atoms. The molecule has 6 nitrogen and oxygen atoms in total. The lowest BCUT2D eigenvalue weighted by molar-refractivity contribution is -0.122. The van der Waals surface area contributed by atoms with E-state index in [1.807, 2.05) is 26.0 Å². The second-order valence-corrected chi connectivity index (χ2v) is 11.4. The molecule has 4 rings (SSSR count). The van der Waals surface area contributed by atoms with E-state index < -0.39 is 0 Å². The standard InChI is InChI=1S/C29H34N4O2S2/c1-4-6-14-33-28(35)25(37-29(33)36)18-23-20(3)24(19-30)27(34)32(5-2)26(23)31-15-12-22(13-16-31)17-21-10-8-7-9-11-21/h7-11,18,22H,4-6,12-17H2,1-3H3/b25-18-. The average Bonchev–Trinajstić information content (AvgIpc) is 3.17. The van der Waals surface area contributed by atoms with Crippen LogP contribution in [0, 0.1) is 24.2 Å². The van der Waals surface area contributed by atoms with Crippen molar-refractivity contribution in [3.63, 3.8) is 0 Å². The van der Waals surface area contributed by atoms with Crippen LogP contribution in [-0.2, 0) is 17.8 Å². The van der Waals surface area contributed by atoms with Crippen LogP contribution in [0.15, 0.2) is 40.0 Å². The van der Waals surface area contributed by atoms with E-state index in [1.54, 1.807) is 9.47 Å². The third kappa shape index (κ3) is 5.68. The highest BCUT2D eigenvalue weighted by molar-refractivity contribution is 8.26. The van der Waals surface area contributed by atoms with Crippen LogP contribution in [0.3, 0.4) is 0 Å². The quantitative estimate of drug-likeness (QED) is 0.329. The van der Waals surface area contributed by atoms with E-state index in [2.05, 4.69) is 42.2 Å². The minimum absolute atomic E-state index is 0.0943. The van der Waals surface area contributed by atoms with Gasteiger partial charge in [0, 0.05) is 31.7 Å². The van der Waals surface area contributed by atoms with Crippen molar-refractivity contribution in [2.75, 3.05) is 24.5 Å². The number of pyridine rings is 1. The molecule has 0 atom stereocenters. The van der Waals surface area contributed by atoms with Crippen LogP contribution >= 0.6 is 24.0 Å². The van der Waals surface area contributed by atoms with E-state index >= 15 is 0 Å². The summed E-state index contributed by atoms with van der Waals surface area (Å²) in [4.78, 5) is 31.0. The van der Waals surface area contributed by atoms with Gasteiger partial charge in [-0.2, -0.15) is 5.26 Å². The van der Waals surface area contributed by atoms with Gasteiger partial charge in [-0.3, -0.25) is 19.1 Å². The van der Waals surface area contributed by atoms with Gasteiger partial charge in [-0.15, -0.1) is 0 Å². The van der Waals surface area contributed by atoms with Crippen molar-refractivity contribution in [2.24, 2.45) is 5.92 Å². The zero-order valence-corrected chi connectivity index (χ0v) is 23.5. The van der Waals surface area contributed by atoms with Crippen LogP contribution in [0.5, 0.6) is 0 Å². The number of nitriles is 1. The molecule has 0 saturated carbocycles. The normalized spacial score (nSPS) is 17.6. The lowest BCUT2D eigenvalue weighted by Crippen LogP contribution is -2.39. The average molecular weight is 535 g/mol. The summed E-state index contributed by atoms with van der Waals surface area (Å²) in [5, 5.41) is 9.82. The fourth-order valence-electron chi connectivity index (χ4n) is 5.21. The van der Waals surface area contributed by atoms with Crippen molar-refractivity contribution in [1.82, 2.24) is 9.47 Å². The maximum Gasteiger partial charge on any atom is 0.270 e. The van der Waals surface area contributed by atoms with Crippen molar-refractivity contribution >= 4 is 46.1 Å². The van der Waals surface area contributed by atoms with Crippen LogP contribution in [0.1, 0.15) is 61.8 Å². The van der Waals surface area contributed by atoms with E-state index in [0.29, 0.717) is 33.8 Å². The van der Waals surface area contributed by atoms with E-state index in [1.165, 1.54) is 17.3 Å². The Bertz CT molecular complexity index is 1300. The van der Waals surface area contributed by atoms with Crippen LogP contribution < -0.4 is 10.5 Å². The number of hydrogen-bond donors (Lipinski definition) is 0. The van der Waals surface area contributed by atoms with E-state index in [0.717, 1.165) is 56.6 Å². The zero-order chi connectivity index (χ0) is 26.5. The Labute approximate surface area is 229 Å². The lowest BCUT2D eigenvalue weighted by atomic mass is 9.90. The molecule has 194 valence electrons. The number of amides is 1. The van der Waals surface area contributed by atoms with Crippen molar-refractivity contribution in [2.45, 2.75) is 59.4 Å². The second-order valence-electron chi connectivity index (χ2n) is 9.71. The van der Waals surface area contributed by atoms with Crippen LogP contribution in [0.2, 0.25) is 0 Å². The summed E-state index contributed by atoms with van der Waals surface area (Å²) in [6.07, 6.45) is 6.82. The molecule has 0 bridgehead atoms. The minimum Gasteiger partial charge on any atom is -0.357 e. The Hall–Kier alpha value is -2.89. The number of hydrogen-bond acceptors (Lipinski definition) is 6. The lowest BCUT2D eigenvalue weighted by Gasteiger charge is -2.36. The van der Waals surface area contributed by atoms with Gasteiger partial charge in [-0.25, -0.2) is 0 Å². The summed E-state index contributed by atoms with van der Waals surface area (Å²) in [5.74, 6) is 1.29. The summed E-state index contributed by atoms with van der Waals surface area (Å²) >= 11 is 6.81. The highest BCUT2D eigenvalue weighted by atomic mass is 32.2. The number of anilines is 1. The molecule has 0 unspecified atom stereocenters. The van der Waals surface area contributed by atoms with Gasteiger partial charge in [0.1, 0.15) is 21.8 Å². The van der Waals surface area contributed by atoms with Gasteiger partial charge in [0.2, 0.25) is 0 Å². The zero-order valence-electron chi connectivity index (χ0n) is 21.8. The number of nitrogens with zero attached hydrogens (tertiary/aromatic N) is 4. The topological polar surface area (TPSA) is 69.3 Å². The number of carbonyl (C=O) groups excluding carboxylic acids is 1. The molecule has 8 heteroatoms. The molecule has 2 aliphatic rings. The third-order valence-corrected chi connectivity index (χ3v) is 8.71. The first-order valence-corrected chi connectivity index (χ1v) is 14.3. The molecule has 0 spiro atoms. The van der Waals surface area contributed by atoms with Crippen molar-refractivity contribution in [1.29, 1.82) is 5.26 Å². The summed E-state index contributed by atoms with van der Waals surface area (Å²) in [7, 11) is 0. The Morgan fingerprint density at radius 3 is 2.49 bits per heavy atom. The summed E-state index contributed by atoms with van der Waals surface area (Å²) < 4.78 is 2.27. The SMILES string of the molecule is CCCCN1C(=O)/C(=C/c2c(C)c(C#N)c(=O)n(CC)c2N2CCC(Cc3ccccc3)CC2)SC1=S. The van der Waals surface area contributed by atoms with Crippen molar-refractivity contribution in [3.05, 3.63) is 67.8 Å². The molecule has 1 aromatic carbocycles. The third-order valence-electron chi connectivity index (χ3n) is 7.33. The molecule has 2 aliphatic heterocycles. The number of aromatic nitrogens is 1. The molecule has 2 saturated heterocycles. The number of benzene rings is 1. The number of thioether (sulfide) groups is 1.